The second kappa shape index (κ2) is 6.24. The monoisotopic (exact) mass is 283 g/mol. The van der Waals surface area contributed by atoms with Gasteiger partial charge in [0.1, 0.15) is 0 Å². The standard InChI is InChI=1S/C13H21N3O2S/c17-9-6-11(14-7-9)13-15-12(16-18-13)8-19-10-4-2-1-3-5-10/h9-11,14,17H,1-8H2/t9-,11-/m0/s1. The molecule has 0 unspecified atom stereocenters. The van der Waals surface area contributed by atoms with Gasteiger partial charge in [-0.2, -0.15) is 16.7 Å². The van der Waals surface area contributed by atoms with E-state index in [1.54, 1.807) is 0 Å². The van der Waals surface area contributed by atoms with E-state index >= 15 is 0 Å². The van der Waals surface area contributed by atoms with Gasteiger partial charge in [0.2, 0.25) is 5.89 Å². The van der Waals surface area contributed by atoms with E-state index in [2.05, 4.69) is 15.5 Å². The van der Waals surface area contributed by atoms with E-state index in [0.717, 1.165) is 16.8 Å². The molecular formula is C13H21N3O2S. The van der Waals surface area contributed by atoms with Crippen LogP contribution in [0.25, 0.3) is 0 Å². The fourth-order valence-corrected chi connectivity index (χ4v) is 3.97. The molecule has 19 heavy (non-hydrogen) atoms. The Morgan fingerprint density at radius 2 is 2.16 bits per heavy atom. The van der Waals surface area contributed by atoms with Crippen LogP contribution in [0.3, 0.4) is 0 Å². The fourth-order valence-electron chi connectivity index (χ4n) is 2.80. The molecule has 0 spiro atoms. The zero-order valence-corrected chi connectivity index (χ0v) is 11.9. The molecule has 2 N–H and O–H groups in total. The molecule has 2 atom stereocenters. The third-order valence-electron chi connectivity index (χ3n) is 3.89. The quantitative estimate of drug-likeness (QED) is 0.881. The lowest BCUT2D eigenvalue weighted by molar-refractivity contribution is 0.191. The van der Waals surface area contributed by atoms with E-state index in [-0.39, 0.29) is 12.1 Å². The molecule has 1 aromatic rings. The van der Waals surface area contributed by atoms with Crippen LogP contribution >= 0.6 is 11.8 Å². The zero-order valence-electron chi connectivity index (χ0n) is 11.0. The third-order valence-corrected chi connectivity index (χ3v) is 5.26. The molecule has 6 heteroatoms. The van der Waals surface area contributed by atoms with Crippen molar-refractivity contribution >= 4 is 11.8 Å². The van der Waals surface area contributed by atoms with Crippen molar-refractivity contribution in [2.75, 3.05) is 6.54 Å². The highest BCUT2D eigenvalue weighted by molar-refractivity contribution is 7.99. The number of nitrogens with zero attached hydrogens (tertiary/aromatic N) is 2. The van der Waals surface area contributed by atoms with Gasteiger partial charge in [-0.05, 0) is 19.3 Å². The number of thioether (sulfide) groups is 1. The van der Waals surface area contributed by atoms with E-state index in [0.29, 0.717) is 18.9 Å². The Kier molecular flexibility index (Phi) is 4.40. The van der Waals surface area contributed by atoms with Crippen molar-refractivity contribution in [1.82, 2.24) is 15.5 Å². The largest absolute Gasteiger partial charge is 0.392 e. The summed E-state index contributed by atoms with van der Waals surface area (Å²) in [5.41, 5.74) is 0. The first-order valence-electron chi connectivity index (χ1n) is 7.17. The summed E-state index contributed by atoms with van der Waals surface area (Å²) < 4.78 is 5.29. The Bertz CT molecular complexity index is 406. The smallest absolute Gasteiger partial charge is 0.243 e. The Morgan fingerprint density at radius 1 is 1.32 bits per heavy atom. The average molecular weight is 283 g/mol. The van der Waals surface area contributed by atoms with E-state index in [1.807, 2.05) is 11.8 Å². The Labute approximate surface area is 117 Å². The average Bonchev–Trinajstić information content (AvgIpc) is 3.06. The lowest BCUT2D eigenvalue weighted by Crippen LogP contribution is -2.15. The molecule has 2 aliphatic rings. The van der Waals surface area contributed by atoms with Crippen LogP contribution in [-0.4, -0.2) is 33.1 Å². The van der Waals surface area contributed by atoms with E-state index in [4.69, 9.17) is 4.52 Å². The molecule has 1 saturated heterocycles. The number of β-amino-alcohol motifs (C(OH)–C–C–N with tert-alkyl or cyclic N) is 1. The minimum Gasteiger partial charge on any atom is -0.392 e. The Hall–Kier alpha value is -0.590. The van der Waals surface area contributed by atoms with Crippen molar-refractivity contribution in [3.8, 4) is 0 Å². The molecule has 0 bridgehead atoms. The first-order valence-corrected chi connectivity index (χ1v) is 8.21. The number of hydrogen-bond donors (Lipinski definition) is 2. The molecule has 1 aliphatic carbocycles. The van der Waals surface area contributed by atoms with Gasteiger partial charge >= 0.3 is 0 Å². The van der Waals surface area contributed by atoms with Crippen LogP contribution in [-0.2, 0) is 5.75 Å². The van der Waals surface area contributed by atoms with Crippen LogP contribution in [0.5, 0.6) is 0 Å². The van der Waals surface area contributed by atoms with Crippen molar-refractivity contribution in [1.29, 1.82) is 0 Å². The lowest BCUT2D eigenvalue weighted by atomic mass is 10.0. The molecule has 1 saturated carbocycles. The van der Waals surface area contributed by atoms with Gasteiger partial charge in [-0.3, -0.25) is 0 Å². The molecule has 3 rings (SSSR count). The highest BCUT2D eigenvalue weighted by atomic mass is 32.2. The van der Waals surface area contributed by atoms with Crippen LogP contribution in [0, 0.1) is 0 Å². The molecule has 2 heterocycles. The first kappa shape index (κ1) is 13.4. The maximum atomic E-state index is 9.48. The Morgan fingerprint density at radius 3 is 2.89 bits per heavy atom. The van der Waals surface area contributed by atoms with Gasteiger partial charge in [-0.1, -0.05) is 24.4 Å². The summed E-state index contributed by atoms with van der Waals surface area (Å²) in [6, 6.07) is 0.0240. The molecule has 0 aromatic carbocycles. The highest BCUT2D eigenvalue weighted by Crippen LogP contribution is 2.30. The van der Waals surface area contributed by atoms with Crippen LogP contribution in [0.15, 0.2) is 4.52 Å². The van der Waals surface area contributed by atoms with Crippen molar-refractivity contribution in [3.05, 3.63) is 11.7 Å². The van der Waals surface area contributed by atoms with Gasteiger partial charge in [-0.25, -0.2) is 0 Å². The van der Waals surface area contributed by atoms with Gasteiger partial charge in [0.15, 0.2) is 5.82 Å². The van der Waals surface area contributed by atoms with Gasteiger partial charge in [0.25, 0.3) is 0 Å². The molecule has 1 aromatic heterocycles. The third kappa shape index (κ3) is 3.49. The predicted octanol–water partition coefficient (Wildman–Crippen LogP) is 2.03. The first-order chi connectivity index (χ1) is 9.31. The molecule has 2 fully saturated rings. The maximum absolute atomic E-state index is 9.48. The summed E-state index contributed by atoms with van der Waals surface area (Å²) in [6.07, 6.45) is 7.13. The van der Waals surface area contributed by atoms with Crippen molar-refractivity contribution in [3.63, 3.8) is 0 Å². The molecule has 1 aliphatic heterocycles. The molecule has 0 radical (unpaired) electrons. The zero-order chi connectivity index (χ0) is 13.1. The van der Waals surface area contributed by atoms with E-state index in [9.17, 15) is 5.11 Å². The minimum atomic E-state index is -0.294. The van der Waals surface area contributed by atoms with Crippen molar-refractivity contribution in [2.45, 2.75) is 61.7 Å². The number of aliphatic hydroxyl groups excluding tert-OH is 1. The molecule has 5 nitrogen and oxygen atoms in total. The van der Waals surface area contributed by atoms with Gasteiger partial charge in [-0.15, -0.1) is 0 Å². The summed E-state index contributed by atoms with van der Waals surface area (Å²) in [6.45, 7) is 0.610. The second-order valence-electron chi connectivity index (χ2n) is 5.47. The number of nitrogens with one attached hydrogen (secondary N) is 1. The molecule has 0 amide bonds. The lowest BCUT2D eigenvalue weighted by Gasteiger charge is -2.19. The Balaban J connectivity index is 1.50. The predicted molar refractivity (Wildman–Crippen MR) is 73.8 cm³/mol. The van der Waals surface area contributed by atoms with Crippen LogP contribution in [0.2, 0.25) is 0 Å². The topological polar surface area (TPSA) is 71.2 Å². The summed E-state index contributed by atoms with van der Waals surface area (Å²) >= 11 is 1.95. The van der Waals surface area contributed by atoms with Gasteiger partial charge in [0, 0.05) is 11.8 Å². The molecular weight excluding hydrogens is 262 g/mol. The normalized spacial score (nSPS) is 28.9. The number of hydrogen-bond acceptors (Lipinski definition) is 6. The number of rotatable bonds is 4. The van der Waals surface area contributed by atoms with Gasteiger partial charge in [0.05, 0.1) is 17.9 Å². The van der Waals surface area contributed by atoms with Crippen molar-refractivity contribution < 1.29 is 9.63 Å². The summed E-state index contributed by atoms with van der Waals surface area (Å²) in [5.74, 6) is 2.24. The van der Waals surface area contributed by atoms with Crippen molar-refractivity contribution in [2.24, 2.45) is 0 Å². The summed E-state index contributed by atoms with van der Waals surface area (Å²) in [4.78, 5) is 4.44. The fraction of sp³-hybridized carbons (Fsp3) is 0.846. The van der Waals surface area contributed by atoms with E-state index in [1.165, 1.54) is 32.1 Å². The second-order valence-corrected chi connectivity index (χ2v) is 6.76. The van der Waals surface area contributed by atoms with Crippen LogP contribution < -0.4 is 5.32 Å². The van der Waals surface area contributed by atoms with E-state index < -0.39 is 0 Å². The number of aromatic nitrogens is 2. The maximum Gasteiger partial charge on any atom is 0.243 e. The van der Waals surface area contributed by atoms with Crippen LogP contribution in [0.4, 0.5) is 0 Å². The number of aliphatic hydroxyl groups is 1. The van der Waals surface area contributed by atoms with Crippen LogP contribution in [0.1, 0.15) is 56.3 Å². The SMILES string of the molecule is O[C@@H]1CN[C@H](c2nc(CSC3CCCCC3)no2)C1. The highest BCUT2D eigenvalue weighted by Gasteiger charge is 2.28. The minimum absolute atomic E-state index is 0.0240. The molecule has 106 valence electrons. The summed E-state index contributed by atoms with van der Waals surface area (Å²) in [7, 11) is 0. The summed E-state index contributed by atoms with van der Waals surface area (Å²) in [5, 5.41) is 17.5. The van der Waals surface area contributed by atoms with Gasteiger partial charge < -0.3 is 14.9 Å².